The van der Waals surface area contributed by atoms with Crippen molar-refractivity contribution in [3.05, 3.63) is 169 Å². The zero-order chi connectivity index (χ0) is 33.0. The molecule has 0 spiro atoms. The minimum absolute atomic E-state index is 0.703. The summed E-state index contributed by atoms with van der Waals surface area (Å²) in [5.74, 6) is 0.703. The van der Waals surface area contributed by atoms with Gasteiger partial charge in [-0.25, -0.2) is 9.97 Å². The van der Waals surface area contributed by atoms with Crippen molar-refractivity contribution in [2.24, 2.45) is 0 Å². The van der Waals surface area contributed by atoms with E-state index in [4.69, 9.17) is 15.0 Å². The fourth-order valence-corrected chi connectivity index (χ4v) is 7.76. The first-order valence-corrected chi connectivity index (χ1v) is 17.2. The van der Waals surface area contributed by atoms with Crippen molar-refractivity contribution in [2.75, 3.05) is 0 Å². The fourth-order valence-electron chi connectivity index (χ4n) is 7.76. The van der Waals surface area contributed by atoms with Gasteiger partial charge >= 0.3 is 0 Å². The van der Waals surface area contributed by atoms with Crippen LogP contribution in [-0.2, 0) is 6.42 Å². The van der Waals surface area contributed by atoms with E-state index < -0.39 is 0 Å². The maximum Gasteiger partial charge on any atom is 0.160 e. The van der Waals surface area contributed by atoms with Crippen molar-refractivity contribution < 1.29 is 0 Å². The van der Waals surface area contributed by atoms with E-state index in [2.05, 4.69) is 158 Å². The maximum absolute atomic E-state index is 5.35. The normalized spacial score (nSPS) is 12.6. The lowest BCUT2D eigenvalue weighted by Gasteiger charge is -2.18. The molecule has 9 aromatic rings. The summed E-state index contributed by atoms with van der Waals surface area (Å²) in [6.07, 6.45) is 8.53. The van der Waals surface area contributed by atoms with E-state index in [1.165, 1.54) is 48.8 Å². The lowest BCUT2D eigenvalue weighted by Crippen LogP contribution is -2.00. The predicted octanol–water partition coefficient (Wildman–Crippen LogP) is 12.1. The number of benzene rings is 7. The third-order valence-corrected chi connectivity index (χ3v) is 10.2. The van der Waals surface area contributed by atoms with Gasteiger partial charge in [-0.3, -0.25) is 4.98 Å². The van der Waals surface area contributed by atoms with Crippen molar-refractivity contribution >= 4 is 49.2 Å². The number of nitrogens with zero attached hydrogens (tertiary/aromatic N) is 3. The Morgan fingerprint density at radius 1 is 0.460 bits per heavy atom. The Labute approximate surface area is 290 Å². The molecule has 1 aliphatic rings. The molecule has 0 N–H and O–H groups in total. The van der Waals surface area contributed by atoms with Crippen LogP contribution in [0.25, 0.3) is 94.3 Å². The molecule has 0 saturated carbocycles. The maximum atomic E-state index is 5.35. The summed E-state index contributed by atoms with van der Waals surface area (Å²) in [6.45, 7) is 0. The largest absolute Gasteiger partial charge is 0.256 e. The van der Waals surface area contributed by atoms with Crippen molar-refractivity contribution in [1.82, 2.24) is 15.0 Å². The minimum atomic E-state index is 0.703. The standard InChI is InChI=1S/C47H31N3/c1-6-16-37-30(11-1)25-26-48-46(37)31-21-23-32(24-22-31)47-49-44(42-27-33-12-2-4-14-35(33)38-17-7-9-19-40(38)42)29-45(50-47)43-28-34-13-3-5-15-36(34)39-18-8-10-20-41(39)43/h1-2,4-12,14-29H,3,13H2. The van der Waals surface area contributed by atoms with E-state index in [1.807, 2.05) is 6.20 Å². The zero-order valence-electron chi connectivity index (χ0n) is 27.3. The SMILES string of the molecule is C1=Cc2c(cc(-c3cc(-c4cc5ccccc5c5ccccc45)nc(-c4ccc(-c5nccc6ccccc56)cc4)n3)c3ccccc23)CC1. The van der Waals surface area contributed by atoms with Gasteiger partial charge in [0.05, 0.1) is 17.1 Å². The molecule has 0 radical (unpaired) electrons. The Morgan fingerprint density at radius 3 is 1.84 bits per heavy atom. The fraction of sp³-hybridized carbons (Fsp3) is 0.0426. The number of aromatic nitrogens is 3. The quantitative estimate of drug-likeness (QED) is 0.180. The molecular weight excluding hydrogens is 607 g/mol. The van der Waals surface area contributed by atoms with Crippen LogP contribution >= 0.6 is 0 Å². The number of hydrogen-bond acceptors (Lipinski definition) is 3. The highest BCUT2D eigenvalue weighted by Crippen LogP contribution is 2.40. The van der Waals surface area contributed by atoms with Crippen molar-refractivity contribution in [2.45, 2.75) is 12.8 Å². The third kappa shape index (κ3) is 4.70. The number of hydrogen-bond donors (Lipinski definition) is 0. The molecule has 0 fully saturated rings. The summed E-state index contributed by atoms with van der Waals surface area (Å²) in [4.78, 5) is 15.5. The van der Waals surface area contributed by atoms with Gasteiger partial charge in [-0.05, 0) is 85.9 Å². The van der Waals surface area contributed by atoms with Gasteiger partial charge in [0.2, 0.25) is 0 Å². The monoisotopic (exact) mass is 637 g/mol. The van der Waals surface area contributed by atoms with Crippen molar-refractivity contribution in [3.8, 4) is 45.2 Å². The van der Waals surface area contributed by atoms with Gasteiger partial charge in [0.25, 0.3) is 0 Å². The van der Waals surface area contributed by atoms with Crippen LogP contribution in [0.15, 0.2) is 158 Å². The van der Waals surface area contributed by atoms with Crippen LogP contribution in [0.4, 0.5) is 0 Å². The molecule has 234 valence electrons. The Morgan fingerprint density at radius 2 is 1.06 bits per heavy atom. The first-order valence-electron chi connectivity index (χ1n) is 17.2. The highest BCUT2D eigenvalue weighted by Gasteiger charge is 2.19. The summed E-state index contributed by atoms with van der Waals surface area (Å²) in [5, 5.41) is 9.63. The van der Waals surface area contributed by atoms with Gasteiger partial charge < -0.3 is 0 Å². The van der Waals surface area contributed by atoms with Crippen LogP contribution in [0.2, 0.25) is 0 Å². The number of allylic oxidation sites excluding steroid dienone is 1. The highest BCUT2D eigenvalue weighted by atomic mass is 14.9. The molecule has 0 atom stereocenters. The van der Waals surface area contributed by atoms with Crippen LogP contribution in [0.1, 0.15) is 17.5 Å². The van der Waals surface area contributed by atoms with E-state index in [0.29, 0.717) is 5.82 Å². The molecule has 3 nitrogen and oxygen atoms in total. The van der Waals surface area contributed by atoms with Crippen LogP contribution in [0.5, 0.6) is 0 Å². The second-order valence-electron chi connectivity index (χ2n) is 13.1. The Hall–Kier alpha value is -6.45. The highest BCUT2D eigenvalue weighted by molar-refractivity contribution is 6.13. The van der Waals surface area contributed by atoms with E-state index in [1.54, 1.807) is 0 Å². The van der Waals surface area contributed by atoms with Crippen LogP contribution in [0.3, 0.4) is 0 Å². The molecule has 2 heterocycles. The molecule has 0 bridgehead atoms. The van der Waals surface area contributed by atoms with Crippen LogP contribution < -0.4 is 0 Å². The molecule has 3 heteroatoms. The van der Waals surface area contributed by atoms with E-state index in [-0.39, 0.29) is 0 Å². The van der Waals surface area contributed by atoms with Crippen LogP contribution in [0, 0.1) is 0 Å². The number of rotatable bonds is 4. The molecule has 7 aromatic carbocycles. The minimum Gasteiger partial charge on any atom is -0.256 e. The van der Waals surface area contributed by atoms with Crippen LogP contribution in [-0.4, -0.2) is 15.0 Å². The molecule has 0 saturated heterocycles. The molecular formula is C47H31N3. The Balaban J connectivity index is 1.21. The third-order valence-electron chi connectivity index (χ3n) is 10.2. The van der Waals surface area contributed by atoms with E-state index in [9.17, 15) is 0 Å². The predicted molar refractivity (Wildman–Crippen MR) is 209 cm³/mol. The van der Waals surface area contributed by atoms with Gasteiger partial charge in [-0.2, -0.15) is 0 Å². The topological polar surface area (TPSA) is 38.7 Å². The van der Waals surface area contributed by atoms with Crippen molar-refractivity contribution in [1.29, 1.82) is 0 Å². The number of fused-ring (bicyclic) bond motifs is 7. The number of aryl methyl sites for hydroxylation is 1. The first-order chi connectivity index (χ1) is 24.8. The van der Waals surface area contributed by atoms with Gasteiger partial charge in [0, 0.05) is 33.8 Å². The van der Waals surface area contributed by atoms with Gasteiger partial charge in [0.15, 0.2) is 5.82 Å². The molecule has 0 unspecified atom stereocenters. The second-order valence-corrected chi connectivity index (χ2v) is 13.1. The molecule has 10 rings (SSSR count). The lowest BCUT2D eigenvalue weighted by molar-refractivity contribution is 0.990. The summed E-state index contributed by atoms with van der Waals surface area (Å²) < 4.78 is 0. The second kappa shape index (κ2) is 11.6. The Kier molecular flexibility index (Phi) is 6.63. The summed E-state index contributed by atoms with van der Waals surface area (Å²) in [6, 6.07) is 51.9. The molecule has 1 aliphatic carbocycles. The number of pyridine rings is 1. The van der Waals surface area contributed by atoms with Gasteiger partial charge in [0.1, 0.15) is 0 Å². The van der Waals surface area contributed by atoms with Crippen molar-refractivity contribution in [3.63, 3.8) is 0 Å². The molecule has 2 aromatic heterocycles. The average Bonchev–Trinajstić information content (AvgIpc) is 3.20. The summed E-state index contributed by atoms with van der Waals surface area (Å²) in [7, 11) is 0. The first kappa shape index (κ1) is 28.6. The Bertz CT molecular complexity index is 2810. The van der Waals surface area contributed by atoms with E-state index in [0.717, 1.165) is 57.6 Å². The lowest BCUT2D eigenvalue weighted by atomic mass is 9.88. The van der Waals surface area contributed by atoms with Gasteiger partial charge in [-0.1, -0.05) is 133 Å². The summed E-state index contributed by atoms with van der Waals surface area (Å²) in [5.41, 5.74) is 9.77. The molecule has 0 aliphatic heterocycles. The zero-order valence-corrected chi connectivity index (χ0v) is 27.3. The van der Waals surface area contributed by atoms with Gasteiger partial charge in [-0.15, -0.1) is 0 Å². The smallest absolute Gasteiger partial charge is 0.160 e. The average molecular weight is 638 g/mol. The molecule has 0 amide bonds. The molecule has 50 heavy (non-hydrogen) atoms. The van der Waals surface area contributed by atoms with E-state index >= 15 is 0 Å². The summed E-state index contributed by atoms with van der Waals surface area (Å²) >= 11 is 0.